The summed E-state index contributed by atoms with van der Waals surface area (Å²) >= 11 is 5.77. The molecule has 2 heteroatoms. The van der Waals surface area contributed by atoms with E-state index in [1.165, 1.54) is 0 Å². The van der Waals surface area contributed by atoms with Gasteiger partial charge < -0.3 is 5.11 Å². The lowest BCUT2D eigenvalue weighted by Crippen LogP contribution is -1.77. The first kappa shape index (κ1) is 9.10. The highest BCUT2D eigenvalue weighted by molar-refractivity contribution is 6.30. The van der Waals surface area contributed by atoms with Crippen LogP contribution >= 0.6 is 11.6 Å². The minimum absolute atomic E-state index is 0.231. The predicted molar refractivity (Wildman–Crippen MR) is 57.4 cm³/mol. The number of rotatable bonds is 1. The van der Waals surface area contributed by atoms with Crippen LogP contribution in [0.4, 0.5) is 0 Å². The highest BCUT2D eigenvalue weighted by Gasteiger charge is 2.01. The second-order valence-corrected chi connectivity index (χ2v) is 3.39. The third-order valence-electron chi connectivity index (χ3n) is 2.00. The van der Waals surface area contributed by atoms with Gasteiger partial charge in [-0.25, -0.2) is 0 Å². The average Bonchev–Trinajstić information content (AvgIpc) is 2.20. The SMILES string of the molecule is Oc1c[c]ccc1-c1ccc(Cl)cc1. The summed E-state index contributed by atoms with van der Waals surface area (Å²) in [5.74, 6) is 0.231. The summed E-state index contributed by atoms with van der Waals surface area (Å²) in [6.45, 7) is 0. The number of benzene rings is 2. The number of hydrogen-bond donors (Lipinski definition) is 1. The Hall–Kier alpha value is -1.47. The lowest BCUT2D eigenvalue weighted by atomic mass is 10.1. The number of phenols is 1. The second kappa shape index (κ2) is 3.72. The molecular formula is C12H8ClO. The van der Waals surface area contributed by atoms with Crippen LogP contribution in [0.3, 0.4) is 0 Å². The van der Waals surface area contributed by atoms with E-state index >= 15 is 0 Å². The van der Waals surface area contributed by atoms with E-state index in [2.05, 4.69) is 6.07 Å². The topological polar surface area (TPSA) is 20.2 Å². The molecule has 2 rings (SSSR count). The highest BCUT2D eigenvalue weighted by Crippen LogP contribution is 2.28. The third-order valence-corrected chi connectivity index (χ3v) is 2.25. The number of aromatic hydroxyl groups is 1. The van der Waals surface area contributed by atoms with Gasteiger partial charge in [0.15, 0.2) is 0 Å². The van der Waals surface area contributed by atoms with Crippen molar-refractivity contribution in [2.75, 3.05) is 0 Å². The van der Waals surface area contributed by atoms with Crippen LogP contribution in [0, 0.1) is 6.07 Å². The van der Waals surface area contributed by atoms with Gasteiger partial charge in [-0.3, -0.25) is 0 Å². The molecule has 1 radical (unpaired) electrons. The minimum Gasteiger partial charge on any atom is -0.507 e. The summed E-state index contributed by atoms with van der Waals surface area (Å²) in [6.07, 6.45) is 0. The van der Waals surface area contributed by atoms with E-state index in [1.54, 1.807) is 24.3 Å². The monoisotopic (exact) mass is 203 g/mol. The van der Waals surface area contributed by atoms with Gasteiger partial charge in [-0.05, 0) is 29.8 Å². The first-order valence-electron chi connectivity index (χ1n) is 4.22. The Bertz CT molecular complexity index is 434. The van der Waals surface area contributed by atoms with Crippen LogP contribution in [0.15, 0.2) is 42.5 Å². The maximum absolute atomic E-state index is 9.57. The molecule has 0 atom stereocenters. The number of hydrogen-bond acceptors (Lipinski definition) is 1. The van der Waals surface area contributed by atoms with E-state index in [-0.39, 0.29) is 5.75 Å². The third kappa shape index (κ3) is 1.73. The second-order valence-electron chi connectivity index (χ2n) is 2.95. The van der Waals surface area contributed by atoms with Crippen molar-refractivity contribution in [1.82, 2.24) is 0 Å². The lowest BCUT2D eigenvalue weighted by Gasteiger charge is -2.03. The number of halogens is 1. The first-order chi connectivity index (χ1) is 6.77. The fourth-order valence-electron chi connectivity index (χ4n) is 1.30. The molecule has 0 saturated heterocycles. The van der Waals surface area contributed by atoms with Crippen molar-refractivity contribution in [3.63, 3.8) is 0 Å². The summed E-state index contributed by atoms with van der Waals surface area (Å²) < 4.78 is 0. The zero-order chi connectivity index (χ0) is 9.97. The van der Waals surface area contributed by atoms with Crippen molar-refractivity contribution in [3.8, 4) is 16.9 Å². The Kier molecular flexibility index (Phi) is 2.42. The van der Waals surface area contributed by atoms with Crippen LogP contribution in [0.5, 0.6) is 5.75 Å². The van der Waals surface area contributed by atoms with Crippen LogP contribution in [-0.4, -0.2) is 5.11 Å². The number of phenolic OH excluding ortho intramolecular Hbond substituents is 1. The molecule has 0 aromatic heterocycles. The van der Waals surface area contributed by atoms with Crippen LogP contribution in [0.1, 0.15) is 0 Å². The van der Waals surface area contributed by atoms with Crippen LogP contribution in [0.2, 0.25) is 5.02 Å². The molecule has 0 unspecified atom stereocenters. The fraction of sp³-hybridized carbons (Fsp3) is 0. The molecule has 14 heavy (non-hydrogen) atoms. The molecule has 0 aliphatic heterocycles. The van der Waals surface area contributed by atoms with Gasteiger partial charge in [0.25, 0.3) is 0 Å². The molecule has 0 spiro atoms. The van der Waals surface area contributed by atoms with E-state index in [4.69, 9.17) is 11.6 Å². The van der Waals surface area contributed by atoms with Crippen LogP contribution in [-0.2, 0) is 0 Å². The molecule has 0 aliphatic carbocycles. The van der Waals surface area contributed by atoms with Crippen molar-refractivity contribution >= 4 is 11.6 Å². The van der Waals surface area contributed by atoms with Gasteiger partial charge in [0.1, 0.15) is 5.75 Å². The molecule has 69 valence electrons. The summed E-state index contributed by atoms with van der Waals surface area (Å²) in [4.78, 5) is 0. The Morgan fingerprint density at radius 3 is 2.43 bits per heavy atom. The Balaban J connectivity index is 2.50. The van der Waals surface area contributed by atoms with Gasteiger partial charge in [0.2, 0.25) is 0 Å². The summed E-state index contributed by atoms with van der Waals surface area (Å²) in [6, 6.07) is 15.3. The smallest absolute Gasteiger partial charge is 0.124 e. The van der Waals surface area contributed by atoms with E-state index < -0.39 is 0 Å². The Morgan fingerprint density at radius 1 is 1.07 bits per heavy atom. The van der Waals surface area contributed by atoms with Crippen molar-refractivity contribution in [1.29, 1.82) is 0 Å². The molecule has 2 aromatic carbocycles. The summed E-state index contributed by atoms with van der Waals surface area (Å²) in [5, 5.41) is 10.3. The quantitative estimate of drug-likeness (QED) is 0.752. The molecule has 1 nitrogen and oxygen atoms in total. The zero-order valence-corrected chi connectivity index (χ0v) is 8.12. The van der Waals surface area contributed by atoms with Crippen LogP contribution in [0.25, 0.3) is 11.1 Å². The van der Waals surface area contributed by atoms with Crippen molar-refractivity contribution in [2.45, 2.75) is 0 Å². The van der Waals surface area contributed by atoms with Gasteiger partial charge >= 0.3 is 0 Å². The molecular weight excluding hydrogens is 196 g/mol. The van der Waals surface area contributed by atoms with E-state index in [0.717, 1.165) is 11.1 Å². The molecule has 0 bridgehead atoms. The Labute approximate surface area is 87.6 Å². The maximum atomic E-state index is 9.57. The van der Waals surface area contributed by atoms with Gasteiger partial charge in [-0.2, -0.15) is 0 Å². The van der Waals surface area contributed by atoms with Gasteiger partial charge in [-0.1, -0.05) is 35.9 Å². The molecule has 0 fully saturated rings. The van der Waals surface area contributed by atoms with Crippen LogP contribution < -0.4 is 0 Å². The van der Waals surface area contributed by atoms with E-state index in [0.29, 0.717) is 5.02 Å². The van der Waals surface area contributed by atoms with Crippen molar-refractivity contribution in [3.05, 3.63) is 53.6 Å². The molecule has 0 amide bonds. The van der Waals surface area contributed by atoms with Gasteiger partial charge in [0.05, 0.1) is 0 Å². The average molecular weight is 204 g/mol. The van der Waals surface area contributed by atoms with Crippen molar-refractivity contribution in [2.24, 2.45) is 0 Å². The van der Waals surface area contributed by atoms with E-state index in [9.17, 15) is 5.11 Å². The van der Waals surface area contributed by atoms with Gasteiger partial charge in [-0.15, -0.1) is 0 Å². The largest absolute Gasteiger partial charge is 0.507 e. The molecule has 0 saturated carbocycles. The summed E-state index contributed by atoms with van der Waals surface area (Å²) in [5.41, 5.74) is 1.74. The Morgan fingerprint density at radius 2 is 1.79 bits per heavy atom. The normalized spacial score (nSPS) is 10.1. The fourth-order valence-corrected chi connectivity index (χ4v) is 1.42. The lowest BCUT2D eigenvalue weighted by molar-refractivity contribution is 0.477. The zero-order valence-electron chi connectivity index (χ0n) is 7.37. The first-order valence-corrected chi connectivity index (χ1v) is 4.60. The van der Waals surface area contributed by atoms with Gasteiger partial charge in [0, 0.05) is 10.6 Å². The summed E-state index contributed by atoms with van der Waals surface area (Å²) in [7, 11) is 0. The minimum atomic E-state index is 0.231. The van der Waals surface area contributed by atoms with Crippen molar-refractivity contribution < 1.29 is 5.11 Å². The predicted octanol–water partition coefficient (Wildman–Crippen LogP) is 3.51. The molecule has 0 heterocycles. The molecule has 1 N–H and O–H groups in total. The van der Waals surface area contributed by atoms with E-state index in [1.807, 2.05) is 18.2 Å². The molecule has 2 aromatic rings. The molecule has 0 aliphatic rings. The maximum Gasteiger partial charge on any atom is 0.124 e. The highest BCUT2D eigenvalue weighted by atomic mass is 35.5. The standard InChI is InChI=1S/C12H8ClO/c13-10-7-5-9(6-8-10)11-3-1-2-4-12(11)14/h1,3-8,14H.